The highest BCUT2D eigenvalue weighted by atomic mass is 35.5. The number of benzene rings is 1. The zero-order chi connectivity index (χ0) is 14.8. The Balaban J connectivity index is 0.00000220. The summed E-state index contributed by atoms with van der Waals surface area (Å²) in [5, 5.41) is 3.53. The topological polar surface area (TPSA) is 49.4 Å². The Morgan fingerprint density at radius 2 is 1.95 bits per heavy atom. The maximum absolute atomic E-state index is 12.9. The lowest BCUT2D eigenvalue weighted by atomic mass is 10.2. The lowest BCUT2D eigenvalue weighted by Gasteiger charge is -2.28. The van der Waals surface area contributed by atoms with Gasteiger partial charge in [0.05, 0.1) is 10.0 Å². The van der Waals surface area contributed by atoms with E-state index >= 15 is 0 Å². The highest BCUT2D eigenvalue weighted by molar-refractivity contribution is 7.89. The van der Waals surface area contributed by atoms with Gasteiger partial charge in [0.2, 0.25) is 10.0 Å². The van der Waals surface area contributed by atoms with Crippen LogP contribution in [-0.2, 0) is 10.0 Å². The molecule has 21 heavy (non-hydrogen) atoms. The molecule has 0 radical (unpaired) electrons. The van der Waals surface area contributed by atoms with Crippen molar-refractivity contribution in [1.29, 1.82) is 0 Å². The summed E-state index contributed by atoms with van der Waals surface area (Å²) in [6.07, 6.45) is 1.55. The van der Waals surface area contributed by atoms with Crippen molar-refractivity contribution in [3.8, 4) is 0 Å². The smallest absolute Gasteiger partial charge is 0.246 e. The molecular formula is C13H19Cl3N2O2S. The van der Waals surface area contributed by atoms with Crippen molar-refractivity contribution in [3.05, 3.63) is 28.2 Å². The maximum Gasteiger partial charge on any atom is 0.246 e. The van der Waals surface area contributed by atoms with Crippen molar-refractivity contribution in [1.82, 2.24) is 9.62 Å². The van der Waals surface area contributed by atoms with Crippen molar-refractivity contribution < 1.29 is 8.42 Å². The van der Waals surface area contributed by atoms with Crippen LogP contribution in [-0.4, -0.2) is 38.4 Å². The summed E-state index contributed by atoms with van der Waals surface area (Å²) in [7, 11) is -3.68. The standard InChI is InChI=1S/C13H18Cl2N2O2S.ClH/c1-2-8-17(10-6-7-16-9-10)20(18,19)13-11(14)4-3-5-12(13)15;/h3-5,10,16H,2,6-9H2,1H3;1H. The fraction of sp³-hybridized carbons (Fsp3) is 0.538. The number of halogens is 3. The molecule has 1 aliphatic rings. The van der Waals surface area contributed by atoms with Gasteiger partial charge in [0.25, 0.3) is 0 Å². The number of hydrogen-bond donors (Lipinski definition) is 1. The maximum atomic E-state index is 12.9. The van der Waals surface area contributed by atoms with Crippen molar-refractivity contribution in [2.75, 3.05) is 19.6 Å². The quantitative estimate of drug-likeness (QED) is 0.862. The first-order valence-electron chi connectivity index (χ1n) is 6.65. The zero-order valence-electron chi connectivity index (χ0n) is 11.7. The fourth-order valence-corrected chi connectivity index (χ4v) is 5.29. The minimum absolute atomic E-state index is 0. The lowest BCUT2D eigenvalue weighted by molar-refractivity contribution is 0.335. The lowest BCUT2D eigenvalue weighted by Crippen LogP contribution is -2.42. The van der Waals surface area contributed by atoms with Crippen LogP contribution in [0.5, 0.6) is 0 Å². The molecule has 0 spiro atoms. The van der Waals surface area contributed by atoms with E-state index < -0.39 is 10.0 Å². The Morgan fingerprint density at radius 1 is 1.33 bits per heavy atom. The SMILES string of the molecule is CCCN(C1CCNC1)S(=O)(=O)c1c(Cl)cccc1Cl.Cl. The van der Waals surface area contributed by atoms with Gasteiger partial charge in [-0.2, -0.15) is 4.31 Å². The second-order valence-corrected chi connectivity index (χ2v) is 7.45. The van der Waals surface area contributed by atoms with Gasteiger partial charge < -0.3 is 5.32 Å². The fourth-order valence-electron chi connectivity index (χ4n) is 2.45. The molecule has 1 atom stereocenters. The van der Waals surface area contributed by atoms with E-state index in [4.69, 9.17) is 23.2 Å². The first-order valence-corrected chi connectivity index (χ1v) is 8.84. The molecule has 8 heteroatoms. The summed E-state index contributed by atoms with van der Waals surface area (Å²) in [6.45, 7) is 3.92. The third-order valence-corrected chi connectivity index (χ3v) is 6.28. The van der Waals surface area contributed by atoms with E-state index in [-0.39, 0.29) is 33.4 Å². The molecule has 0 aromatic heterocycles. The van der Waals surface area contributed by atoms with Gasteiger partial charge in [-0.15, -0.1) is 12.4 Å². The summed E-state index contributed by atoms with van der Waals surface area (Å²) in [4.78, 5) is 0.0173. The Morgan fingerprint density at radius 3 is 2.43 bits per heavy atom. The molecule has 1 N–H and O–H groups in total. The second-order valence-electron chi connectivity index (χ2n) is 4.81. The van der Waals surface area contributed by atoms with Gasteiger partial charge in [-0.05, 0) is 31.5 Å². The van der Waals surface area contributed by atoms with Gasteiger partial charge >= 0.3 is 0 Å². The summed E-state index contributed by atoms with van der Waals surface area (Å²) < 4.78 is 27.3. The van der Waals surface area contributed by atoms with E-state index in [9.17, 15) is 8.42 Å². The first-order chi connectivity index (χ1) is 9.48. The van der Waals surface area contributed by atoms with Crippen LogP contribution in [0.1, 0.15) is 19.8 Å². The van der Waals surface area contributed by atoms with Gasteiger partial charge in [0.15, 0.2) is 0 Å². The molecule has 1 aliphatic heterocycles. The molecule has 0 amide bonds. The molecule has 2 rings (SSSR count). The minimum Gasteiger partial charge on any atom is -0.315 e. The summed E-state index contributed by atoms with van der Waals surface area (Å²) in [5.74, 6) is 0. The molecule has 4 nitrogen and oxygen atoms in total. The zero-order valence-corrected chi connectivity index (χ0v) is 14.8. The van der Waals surface area contributed by atoms with Gasteiger partial charge in [-0.3, -0.25) is 0 Å². The van der Waals surface area contributed by atoms with Crippen LogP contribution in [0, 0.1) is 0 Å². The van der Waals surface area contributed by atoms with Crippen LogP contribution in [0.2, 0.25) is 10.0 Å². The predicted octanol–water partition coefficient (Wildman–Crippen LogP) is 3.18. The minimum atomic E-state index is -3.68. The van der Waals surface area contributed by atoms with Gasteiger partial charge in [-0.25, -0.2) is 8.42 Å². The van der Waals surface area contributed by atoms with Crippen molar-refractivity contribution in [3.63, 3.8) is 0 Å². The average Bonchev–Trinajstić information content (AvgIpc) is 2.88. The molecule has 1 heterocycles. The number of hydrogen-bond acceptors (Lipinski definition) is 3. The number of nitrogens with one attached hydrogen (secondary N) is 1. The second kappa shape index (κ2) is 7.99. The van der Waals surface area contributed by atoms with E-state index in [0.29, 0.717) is 13.1 Å². The van der Waals surface area contributed by atoms with Gasteiger partial charge in [0.1, 0.15) is 4.90 Å². The van der Waals surface area contributed by atoms with Crippen LogP contribution < -0.4 is 5.32 Å². The van der Waals surface area contributed by atoms with E-state index in [0.717, 1.165) is 19.4 Å². The molecule has 0 aliphatic carbocycles. The molecule has 0 bridgehead atoms. The predicted molar refractivity (Wildman–Crippen MR) is 89.2 cm³/mol. The first kappa shape index (κ1) is 19.0. The third kappa shape index (κ3) is 4.03. The Hall–Kier alpha value is -0.0400. The van der Waals surface area contributed by atoms with Crippen molar-refractivity contribution in [2.24, 2.45) is 0 Å². The van der Waals surface area contributed by atoms with Crippen LogP contribution in [0.15, 0.2) is 23.1 Å². The van der Waals surface area contributed by atoms with Crippen LogP contribution in [0.3, 0.4) is 0 Å². The molecule has 1 aromatic rings. The highest BCUT2D eigenvalue weighted by Gasteiger charge is 2.35. The Labute approximate surface area is 142 Å². The Kier molecular flexibility index (Phi) is 7.24. The molecule has 1 unspecified atom stereocenters. The largest absolute Gasteiger partial charge is 0.315 e. The summed E-state index contributed by atoms with van der Waals surface area (Å²) in [5.41, 5.74) is 0. The van der Waals surface area contributed by atoms with E-state index in [1.165, 1.54) is 4.31 Å². The van der Waals surface area contributed by atoms with Crippen LogP contribution >= 0.6 is 35.6 Å². The average molecular weight is 374 g/mol. The highest BCUT2D eigenvalue weighted by Crippen LogP contribution is 2.33. The number of rotatable bonds is 5. The third-order valence-electron chi connectivity index (χ3n) is 3.37. The van der Waals surface area contributed by atoms with Crippen molar-refractivity contribution in [2.45, 2.75) is 30.7 Å². The number of sulfonamides is 1. The van der Waals surface area contributed by atoms with Gasteiger partial charge in [0, 0.05) is 19.1 Å². The molecule has 1 saturated heterocycles. The van der Waals surface area contributed by atoms with E-state index in [1.54, 1.807) is 18.2 Å². The van der Waals surface area contributed by atoms with E-state index in [2.05, 4.69) is 5.32 Å². The molecule has 0 saturated carbocycles. The normalized spacial score (nSPS) is 18.8. The molecular weight excluding hydrogens is 355 g/mol. The summed E-state index contributed by atoms with van der Waals surface area (Å²) >= 11 is 12.1. The Bertz CT molecular complexity index is 555. The van der Waals surface area contributed by atoms with Crippen molar-refractivity contribution >= 4 is 45.6 Å². The monoisotopic (exact) mass is 372 g/mol. The molecule has 1 fully saturated rings. The van der Waals surface area contributed by atoms with Gasteiger partial charge in [-0.1, -0.05) is 36.2 Å². The van der Waals surface area contributed by atoms with Crippen LogP contribution in [0.4, 0.5) is 0 Å². The molecule has 120 valence electrons. The molecule has 1 aromatic carbocycles. The number of nitrogens with zero attached hydrogens (tertiary/aromatic N) is 1. The summed E-state index contributed by atoms with van der Waals surface area (Å²) in [6, 6.07) is 4.71. The van der Waals surface area contributed by atoms with E-state index in [1.807, 2.05) is 6.92 Å². The van der Waals surface area contributed by atoms with Crippen LogP contribution in [0.25, 0.3) is 0 Å².